The maximum Gasteiger partial charge on any atom is 0.258 e. The number of unbranched alkanes of at least 4 members (excludes halogenated alkanes) is 2. The van der Waals surface area contributed by atoms with Crippen LogP contribution in [0.2, 0.25) is 0 Å². The number of benzene rings is 1. The van der Waals surface area contributed by atoms with Gasteiger partial charge in [0.1, 0.15) is 0 Å². The highest BCUT2D eigenvalue weighted by atomic mass is 16.1. The molecule has 0 aliphatic carbocycles. The fourth-order valence-electron chi connectivity index (χ4n) is 3.34. The third-order valence-corrected chi connectivity index (χ3v) is 5.25. The zero-order chi connectivity index (χ0) is 19.8. The Balaban J connectivity index is 1.51. The molecular weight excluding hydrogens is 350 g/mol. The summed E-state index contributed by atoms with van der Waals surface area (Å²) in [4.78, 5) is 23.3. The Hall–Kier alpha value is -2.63. The van der Waals surface area contributed by atoms with Crippen molar-refractivity contribution in [1.29, 1.82) is 0 Å². The second kappa shape index (κ2) is 10.1. The third kappa shape index (κ3) is 5.68. The topological polar surface area (TPSA) is 70.2 Å². The first-order valence-corrected chi connectivity index (χ1v) is 10.4. The van der Waals surface area contributed by atoms with E-state index < -0.39 is 0 Å². The van der Waals surface area contributed by atoms with Crippen LogP contribution in [0.4, 0.5) is 17.3 Å². The number of amides is 1. The lowest BCUT2D eigenvalue weighted by molar-refractivity contribution is 0.102. The van der Waals surface area contributed by atoms with Gasteiger partial charge in [0.05, 0.1) is 5.56 Å². The van der Waals surface area contributed by atoms with Crippen molar-refractivity contribution < 1.29 is 4.79 Å². The van der Waals surface area contributed by atoms with E-state index in [-0.39, 0.29) is 5.91 Å². The van der Waals surface area contributed by atoms with Gasteiger partial charge >= 0.3 is 0 Å². The molecule has 1 saturated heterocycles. The molecule has 1 aromatic heterocycles. The van der Waals surface area contributed by atoms with E-state index in [0.29, 0.717) is 11.5 Å². The monoisotopic (exact) mass is 381 g/mol. The largest absolute Gasteiger partial charge is 0.372 e. The van der Waals surface area contributed by atoms with Crippen LogP contribution in [0.3, 0.4) is 0 Å². The van der Waals surface area contributed by atoms with Crippen LogP contribution < -0.4 is 15.5 Å². The molecule has 2 N–H and O–H groups in total. The van der Waals surface area contributed by atoms with E-state index in [1.807, 2.05) is 12.1 Å². The molecular formula is C22H31N5O. The average Bonchev–Trinajstić information content (AvgIpc) is 2.73. The molecule has 6 nitrogen and oxygen atoms in total. The first-order chi connectivity index (χ1) is 13.7. The Morgan fingerprint density at radius 1 is 1.11 bits per heavy atom. The number of aromatic nitrogens is 2. The zero-order valence-corrected chi connectivity index (χ0v) is 16.9. The standard InChI is InChI=1S/C22H31N5O/c1-3-4-5-12-23-22-24-15-18(16-25-22)21(28)26-19-6-8-20(9-7-19)27-13-10-17(2)11-14-27/h6-9,15-17H,3-5,10-14H2,1-2H3,(H,26,28)(H,23,24,25). The van der Waals surface area contributed by atoms with Crippen molar-refractivity contribution in [3.05, 3.63) is 42.2 Å². The van der Waals surface area contributed by atoms with E-state index in [0.717, 1.165) is 37.7 Å². The van der Waals surface area contributed by atoms with Crippen LogP contribution in [-0.4, -0.2) is 35.5 Å². The van der Waals surface area contributed by atoms with Crippen LogP contribution in [0.5, 0.6) is 0 Å². The van der Waals surface area contributed by atoms with E-state index in [1.165, 1.54) is 31.4 Å². The molecule has 0 saturated carbocycles. The van der Waals surface area contributed by atoms with Crippen molar-refractivity contribution in [3.63, 3.8) is 0 Å². The van der Waals surface area contributed by atoms with Crippen LogP contribution >= 0.6 is 0 Å². The summed E-state index contributed by atoms with van der Waals surface area (Å²) in [5.74, 6) is 1.18. The summed E-state index contributed by atoms with van der Waals surface area (Å²) < 4.78 is 0. The van der Waals surface area contributed by atoms with Gasteiger partial charge in [-0.05, 0) is 49.4 Å². The summed E-state index contributed by atoms with van der Waals surface area (Å²) in [5.41, 5.74) is 2.45. The summed E-state index contributed by atoms with van der Waals surface area (Å²) >= 11 is 0. The van der Waals surface area contributed by atoms with Gasteiger partial charge in [-0.3, -0.25) is 4.79 Å². The minimum absolute atomic E-state index is 0.197. The lowest BCUT2D eigenvalue weighted by Gasteiger charge is -2.32. The van der Waals surface area contributed by atoms with Gasteiger partial charge in [-0.1, -0.05) is 26.7 Å². The number of anilines is 3. The number of carbonyl (C=O) groups excluding carboxylic acids is 1. The Labute approximate surface area is 167 Å². The smallest absolute Gasteiger partial charge is 0.258 e. The molecule has 1 amide bonds. The Morgan fingerprint density at radius 3 is 2.43 bits per heavy atom. The number of carbonyl (C=O) groups is 1. The molecule has 2 aromatic rings. The quantitative estimate of drug-likeness (QED) is 0.656. The number of nitrogens with one attached hydrogen (secondary N) is 2. The molecule has 0 spiro atoms. The van der Waals surface area contributed by atoms with Gasteiger partial charge < -0.3 is 15.5 Å². The molecule has 2 heterocycles. The Morgan fingerprint density at radius 2 is 1.79 bits per heavy atom. The highest BCUT2D eigenvalue weighted by Crippen LogP contribution is 2.24. The van der Waals surface area contributed by atoms with Gasteiger partial charge in [-0.15, -0.1) is 0 Å². The van der Waals surface area contributed by atoms with Crippen molar-refractivity contribution in [2.45, 2.75) is 46.0 Å². The van der Waals surface area contributed by atoms with Gasteiger partial charge in [0.15, 0.2) is 0 Å². The predicted molar refractivity (Wildman–Crippen MR) is 115 cm³/mol. The fourth-order valence-corrected chi connectivity index (χ4v) is 3.34. The van der Waals surface area contributed by atoms with Crippen LogP contribution in [-0.2, 0) is 0 Å². The number of hydrogen-bond acceptors (Lipinski definition) is 5. The molecule has 1 aromatic carbocycles. The highest BCUT2D eigenvalue weighted by Gasteiger charge is 2.16. The lowest BCUT2D eigenvalue weighted by atomic mass is 9.99. The number of hydrogen-bond donors (Lipinski definition) is 2. The lowest BCUT2D eigenvalue weighted by Crippen LogP contribution is -2.32. The predicted octanol–water partition coefficient (Wildman–Crippen LogP) is 4.57. The Kier molecular flexibility index (Phi) is 7.23. The van der Waals surface area contributed by atoms with E-state index in [9.17, 15) is 4.79 Å². The van der Waals surface area contributed by atoms with Gasteiger partial charge in [-0.2, -0.15) is 0 Å². The summed E-state index contributed by atoms with van der Waals surface area (Å²) in [6.45, 7) is 7.54. The molecule has 0 unspecified atom stereocenters. The van der Waals surface area contributed by atoms with Crippen molar-refractivity contribution in [2.75, 3.05) is 35.2 Å². The van der Waals surface area contributed by atoms with Gasteiger partial charge in [0, 0.05) is 43.4 Å². The number of piperidine rings is 1. The average molecular weight is 382 g/mol. The zero-order valence-electron chi connectivity index (χ0n) is 16.9. The van der Waals surface area contributed by atoms with Crippen molar-refractivity contribution >= 4 is 23.2 Å². The molecule has 1 fully saturated rings. The van der Waals surface area contributed by atoms with Crippen LogP contribution in [0, 0.1) is 5.92 Å². The highest BCUT2D eigenvalue weighted by molar-refractivity contribution is 6.03. The maximum absolute atomic E-state index is 12.4. The normalized spacial score (nSPS) is 14.7. The van der Waals surface area contributed by atoms with Gasteiger partial charge in [0.2, 0.25) is 5.95 Å². The second-order valence-electron chi connectivity index (χ2n) is 7.60. The first-order valence-electron chi connectivity index (χ1n) is 10.4. The summed E-state index contributed by atoms with van der Waals surface area (Å²) in [6, 6.07) is 8.06. The van der Waals surface area contributed by atoms with Crippen molar-refractivity contribution in [2.24, 2.45) is 5.92 Å². The number of rotatable bonds is 8. The molecule has 3 rings (SSSR count). The van der Waals surface area contributed by atoms with E-state index in [4.69, 9.17) is 0 Å². The molecule has 28 heavy (non-hydrogen) atoms. The van der Waals surface area contributed by atoms with Crippen LogP contribution in [0.25, 0.3) is 0 Å². The van der Waals surface area contributed by atoms with Crippen molar-refractivity contribution in [3.8, 4) is 0 Å². The first kappa shape index (κ1) is 20.1. The summed E-state index contributed by atoms with van der Waals surface area (Å²) in [7, 11) is 0. The number of nitrogens with zero attached hydrogens (tertiary/aromatic N) is 3. The van der Waals surface area contributed by atoms with E-state index in [1.54, 1.807) is 12.4 Å². The Bertz CT molecular complexity index is 737. The summed E-state index contributed by atoms with van der Waals surface area (Å²) in [5, 5.41) is 6.09. The SMILES string of the molecule is CCCCCNc1ncc(C(=O)Nc2ccc(N3CCC(C)CC3)cc2)cn1. The molecule has 0 atom stereocenters. The van der Waals surface area contributed by atoms with Crippen LogP contribution in [0.15, 0.2) is 36.7 Å². The maximum atomic E-state index is 12.4. The minimum Gasteiger partial charge on any atom is -0.372 e. The van der Waals surface area contributed by atoms with E-state index in [2.05, 4.69) is 51.5 Å². The van der Waals surface area contributed by atoms with E-state index >= 15 is 0 Å². The molecule has 1 aliphatic heterocycles. The second-order valence-corrected chi connectivity index (χ2v) is 7.60. The third-order valence-electron chi connectivity index (χ3n) is 5.25. The fraction of sp³-hybridized carbons (Fsp3) is 0.500. The van der Waals surface area contributed by atoms with Crippen LogP contribution in [0.1, 0.15) is 56.3 Å². The molecule has 0 bridgehead atoms. The minimum atomic E-state index is -0.197. The molecule has 6 heteroatoms. The van der Waals surface area contributed by atoms with Crippen molar-refractivity contribution in [1.82, 2.24) is 9.97 Å². The van der Waals surface area contributed by atoms with Gasteiger partial charge in [-0.25, -0.2) is 9.97 Å². The van der Waals surface area contributed by atoms with Gasteiger partial charge in [0.25, 0.3) is 5.91 Å². The molecule has 0 radical (unpaired) electrons. The molecule has 1 aliphatic rings. The molecule has 150 valence electrons. The summed E-state index contributed by atoms with van der Waals surface area (Å²) in [6.07, 6.45) is 9.06.